The number of morpholine rings is 2. The normalized spacial score (nSPS) is 23.3. The van der Waals surface area contributed by atoms with Crippen molar-refractivity contribution in [2.24, 2.45) is 5.34 Å². The molecule has 6 unspecified atom stereocenters. The molecule has 0 saturated carbocycles. The van der Waals surface area contributed by atoms with Crippen molar-refractivity contribution in [1.29, 1.82) is 0 Å². The Labute approximate surface area is 441 Å². The molecule has 4 aromatic rings. The number of likely N-dealkylation sites (N-methyl/N-ethyl adjacent to an activating group) is 1. The smallest absolute Gasteiger partial charge is 0.272 e. The van der Waals surface area contributed by atoms with E-state index in [1.54, 1.807) is 32.9 Å². The van der Waals surface area contributed by atoms with Crippen molar-refractivity contribution in [3.05, 3.63) is 131 Å². The molecule has 0 aliphatic carbocycles. The number of benzene rings is 4. The summed E-state index contributed by atoms with van der Waals surface area (Å²) >= 11 is 3.26. The van der Waals surface area contributed by atoms with E-state index in [0.29, 0.717) is 60.2 Å². The zero-order valence-corrected chi connectivity index (χ0v) is 44.1. The summed E-state index contributed by atoms with van der Waals surface area (Å²) in [6, 6.07) is 16.1. The molecule has 6 atom stereocenters. The summed E-state index contributed by atoms with van der Waals surface area (Å²) in [5.74, 6) is -3.21. The molecule has 7 aliphatic rings. The number of nitrogens with two attached hydrogens (primary N) is 1. The van der Waals surface area contributed by atoms with Crippen LogP contribution < -0.4 is 20.4 Å². The predicted molar refractivity (Wildman–Crippen MR) is 279 cm³/mol. The van der Waals surface area contributed by atoms with E-state index in [1.807, 2.05) is 17.0 Å². The molecule has 0 aromatic heterocycles. The third-order valence-electron chi connectivity index (χ3n) is 13.3. The molecule has 2 N–H and O–H groups in total. The molecule has 0 spiro atoms. The number of nitro benzene ring substituents is 2. The lowest BCUT2D eigenvalue weighted by molar-refractivity contribution is -0.385. The van der Waals surface area contributed by atoms with Crippen LogP contribution in [0.1, 0.15) is 78.6 Å². The standard InChI is InChI=1S/C12H13FN2O3.C12H15FN2O.C11H14BrFN2.C7H12O.C6H3F2NO2.C4H9NO2/c13-11-5-8(15(16)17)1-4-12(11)14-6-9-2-3-10(7-14)18-9;13-11-5-8(14)1-4-12(11)15-6-9-2-3-10(7-15)16-9;1-14-4-6-15(7-5-14)11-3-2-9(12)8-10(11)13;1-2-6-4-5-7(3-1)8-6;7-5-2-1-4(9(10)11)3-6(5)8;1-4(2,3)7-5-6/h1,4-5,9-10H,2-3,6-7H2;1,4-5,9-10H,2-3,6-7,14H2;2-3,8H,4-7H2,1H3;6-7H,1-5H2;1-3H;1-3H3. The number of ether oxygens (including phenoxy) is 3. The molecule has 4 aromatic carbocycles. The minimum atomic E-state index is -1.21. The summed E-state index contributed by atoms with van der Waals surface area (Å²) in [7, 11) is 2.09. The van der Waals surface area contributed by atoms with Crippen LogP contribution in [0.5, 0.6) is 0 Å². The van der Waals surface area contributed by atoms with E-state index in [2.05, 4.69) is 47.9 Å². The molecule has 75 heavy (non-hydrogen) atoms. The van der Waals surface area contributed by atoms with Crippen LogP contribution in [0.2, 0.25) is 0 Å². The number of nitro groups is 2. The number of hydrogen-bond donors (Lipinski definition) is 1. The molecule has 7 aliphatic heterocycles. The van der Waals surface area contributed by atoms with Gasteiger partial charge in [-0.15, -0.1) is 4.91 Å². The van der Waals surface area contributed by atoms with Gasteiger partial charge >= 0.3 is 0 Å². The van der Waals surface area contributed by atoms with Crippen molar-refractivity contribution < 1.29 is 50.8 Å². The number of anilines is 4. The van der Waals surface area contributed by atoms with Gasteiger partial charge in [-0.1, -0.05) is 15.9 Å². The maximum atomic E-state index is 13.9. The van der Waals surface area contributed by atoms with Gasteiger partial charge in [-0.2, -0.15) is 0 Å². The lowest BCUT2D eigenvalue weighted by atomic mass is 10.1. The quantitative estimate of drug-likeness (QED) is 0.0630. The Morgan fingerprint density at radius 3 is 1.40 bits per heavy atom. The Hall–Kier alpha value is -5.75. The van der Waals surface area contributed by atoms with Crippen LogP contribution in [-0.4, -0.2) is 116 Å². The number of nitrogens with zero attached hydrogens (tertiary/aromatic N) is 7. The Morgan fingerprint density at radius 1 is 0.573 bits per heavy atom. The molecule has 410 valence electrons. The van der Waals surface area contributed by atoms with E-state index in [4.69, 9.17) is 19.9 Å². The summed E-state index contributed by atoms with van der Waals surface area (Å²) in [5, 5.41) is 22.8. The monoisotopic (exact) mass is 1120 g/mol. The molecule has 0 amide bonds. The van der Waals surface area contributed by atoms with Gasteiger partial charge in [0, 0.05) is 74.7 Å². The predicted octanol–water partition coefficient (Wildman–Crippen LogP) is 11.3. The van der Waals surface area contributed by atoms with Gasteiger partial charge in [0.05, 0.1) is 75.7 Å². The first kappa shape index (κ1) is 58.5. The Kier molecular flexibility index (Phi) is 21.3. The maximum Gasteiger partial charge on any atom is 0.272 e. The van der Waals surface area contributed by atoms with Gasteiger partial charge in [-0.3, -0.25) is 20.2 Å². The van der Waals surface area contributed by atoms with Gasteiger partial charge in [-0.25, -0.2) is 22.0 Å². The lowest BCUT2D eigenvalue weighted by Gasteiger charge is -2.34. The molecular formula is C52H66BrF5N8O9. The van der Waals surface area contributed by atoms with E-state index in [9.17, 15) is 47.1 Å². The van der Waals surface area contributed by atoms with Crippen LogP contribution in [-0.2, 0) is 19.0 Å². The topological polar surface area (TPSA) is 192 Å². The van der Waals surface area contributed by atoms with Crippen LogP contribution in [0, 0.1) is 54.2 Å². The van der Waals surface area contributed by atoms with Crippen LogP contribution in [0.3, 0.4) is 0 Å². The Morgan fingerprint density at radius 2 is 0.987 bits per heavy atom. The minimum absolute atomic E-state index is 0.145. The van der Waals surface area contributed by atoms with Gasteiger partial charge < -0.3 is 44.4 Å². The number of rotatable bonds is 6. The van der Waals surface area contributed by atoms with Gasteiger partial charge in [0.15, 0.2) is 22.8 Å². The summed E-state index contributed by atoms with van der Waals surface area (Å²) in [6.07, 6.45) is 13.2. The molecule has 11 rings (SSSR count). The van der Waals surface area contributed by atoms with Crippen LogP contribution >= 0.6 is 15.9 Å². The van der Waals surface area contributed by atoms with Crippen molar-refractivity contribution in [3.8, 4) is 0 Å². The van der Waals surface area contributed by atoms with E-state index in [1.165, 1.54) is 56.4 Å². The van der Waals surface area contributed by atoms with Crippen molar-refractivity contribution >= 4 is 50.1 Å². The molecule has 7 saturated heterocycles. The van der Waals surface area contributed by atoms with Crippen molar-refractivity contribution in [2.45, 2.75) is 121 Å². The summed E-state index contributed by atoms with van der Waals surface area (Å²) in [4.78, 5) is 41.2. The number of piperazine rings is 1. The third-order valence-corrected chi connectivity index (χ3v) is 13.8. The fraction of sp³-hybridized carbons (Fsp3) is 0.538. The highest BCUT2D eigenvalue weighted by atomic mass is 79.9. The Balaban J connectivity index is 0.000000151. The molecular weight excluding hydrogens is 1060 g/mol. The van der Waals surface area contributed by atoms with E-state index < -0.39 is 38.6 Å². The molecule has 0 radical (unpaired) electrons. The highest BCUT2D eigenvalue weighted by Crippen LogP contribution is 2.34. The maximum absolute atomic E-state index is 13.9. The minimum Gasteiger partial charge on any atom is -0.399 e. The molecule has 23 heteroatoms. The highest BCUT2D eigenvalue weighted by Gasteiger charge is 2.36. The second kappa shape index (κ2) is 27.3. The summed E-state index contributed by atoms with van der Waals surface area (Å²) < 4.78 is 83.5. The van der Waals surface area contributed by atoms with Crippen LogP contribution in [0.25, 0.3) is 0 Å². The van der Waals surface area contributed by atoms with Gasteiger partial charge in [0.1, 0.15) is 17.2 Å². The third kappa shape index (κ3) is 17.9. The zero-order valence-electron chi connectivity index (χ0n) is 42.6. The van der Waals surface area contributed by atoms with Crippen molar-refractivity contribution in [1.82, 2.24) is 4.90 Å². The zero-order chi connectivity index (χ0) is 54.4. The summed E-state index contributed by atoms with van der Waals surface area (Å²) in [5.41, 5.74) is 6.70. The van der Waals surface area contributed by atoms with Crippen molar-refractivity contribution in [2.75, 3.05) is 79.8 Å². The molecule has 7 fully saturated rings. The second-order valence-corrected chi connectivity index (χ2v) is 21.2. The molecule has 7 heterocycles. The van der Waals surface area contributed by atoms with Gasteiger partial charge in [0.2, 0.25) is 0 Å². The van der Waals surface area contributed by atoms with Gasteiger partial charge in [0.25, 0.3) is 11.4 Å². The number of hydrogen-bond acceptors (Lipinski definition) is 15. The number of fused-ring (bicyclic) bond motifs is 6. The fourth-order valence-corrected chi connectivity index (χ4v) is 9.88. The van der Waals surface area contributed by atoms with E-state index >= 15 is 0 Å². The number of halogens is 6. The average molecular weight is 1120 g/mol. The van der Waals surface area contributed by atoms with E-state index in [-0.39, 0.29) is 41.7 Å². The van der Waals surface area contributed by atoms with Crippen LogP contribution in [0.15, 0.2) is 82.6 Å². The SMILES string of the molecule is C1CC2CCC(C1)O2.CC(C)(C)ON=O.CN1CCN(c2ccc(Br)cc2F)CC1.Nc1ccc(N2CC3CCC(C2)O3)c(F)c1.O=[N+]([O-])c1ccc(F)c(F)c1.O=[N+]([O-])c1ccc(N2CC3CCC(C2)O3)c(F)c1. The second-order valence-electron chi connectivity index (χ2n) is 20.2. The highest BCUT2D eigenvalue weighted by molar-refractivity contribution is 9.10. The number of nitrogen functional groups attached to an aromatic ring is 1. The fourth-order valence-electron chi connectivity index (χ4n) is 9.54. The van der Waals surface area contributed by atoms with E-state index in [0.717, 1.165) is 81.6 Å². The first-order chi connectivity index (χ1) is 35.6. The number of non-ortho nitro benzene ring substituents is 2. The Bertz CT molecular complexity index is 2510. The van der Waals surface area contributed by atoms with Gasteiger partial charge in [-0.05, 0) is 134 Å². The molecule has 6 bridgehead atoms. The largest absolute Gasteiger partial charge is 0.399 e. The van der Waals surface area contributed by atoms with Crippen molar-refractivity contribution in [3.63, 3.8) is 0 Å². The lowest BCUT2D eigenvalue weighted by Crippen LogP contribution is -2.44. The first-order valence-electron chi connectivity index (χ1n) is 25.1. The average Bonchev–Trinajstić information content (AvgIpc) is 4.01. The first-order valence-corrected chi connectivity index (χ1v) is 25.9. The molecule has 17 nitrogen and oxygen atoms in total. The van der Waals surface area contributed by atoms with Crippen LogP contribution in [0.4, 0.5) is 56.1 Å². The summed E-state index contributed by atoms with van der Waals surface area (Å²) in [6.45, 7) is 12.0.